The fraction of sp³-hybridized carbons (Fsp3) is 0.458. The van der Waals surface area contributed by atoms with Crippen LogP contribution in [0.3, 0.4) is 0 Å². The Morgan fingerprint density at radius 1 is 1.17 bits per heavy atom. The van der Waals surface area contributed by atoms with Gasteiger partial charge in [-0.05, 0) is 38.1 Å². The quantitative estimate of drug-likeness (QED) is 0.762. The third-order valence-corrected chi connectivity index (χ3v) is 5.72. The summed E-state index contributed by atoms with van der Waals surface area (Å²) in [5.74, 6) is 1.79. The number of carbonyl (C=O) groups is 1. The largest absolute Gasteiger partial charge is 0.494 e. The number of anilines is 1. The lowest BCUT2D eigenvalue weighted by atomic mass is 10.1. The summed E-state index contributed by atoms with van der Waals surface area (Å²) in [6.07, 6.45) is 1.09. The number of amides is 1. The minimum Gasteiger partial charge on any atom is -0.494 e. The maximum atomic E-state index is 12.6. The van der Waals surface area contributed by atoms with Crippen LogP contribution in [0.15, 0.2) is 42.5 Å². The van der Waals surface area contributed by atoms with Gasteiger partial charge in [0.2, 0.25) is 5.91 Å². The molecular formula is C24H31N3O3. The maximum Gasteiger partial charge on any atom is 0.234 e. The van der Waals surface area contributed by atoms with Gasteiger partial charge in [-0.15, -0.1) is 0 Å². The Bertz CT molecular complexity index is 863. The highest BCUT2D eigenvalue weighted by Crippen LogP contribution is 2.35. The van der Waals surface area contributed by atoms with Gasteiger partial charge in [0.15, 0.2) is 0 Å². The zero-order chi connectivity index (χ0) is 20.9. The Labute approximate surface area is 178 Å². The van der Waals surface area contributed by atoms with Crippen molar-refractivity contribution < 1.29 is 14.3 Å². The highest BCUT2D eigenvalue weighted by Gasteiger charge is 2.23. The number of rotatable bonds is 7. The van der Waals surface area contributed by atoms with Gasteiger partial charge < -0.3 is 19.7 Å². The molecule has 1 saturated heterocycles. The molecule has 2 heterocycles. The summed E-state index contributed by atoms with van der Waals surface area (Å²) < 4.78 is 11.7. The van der Waals surface area contributed by atoms with Crippen LogP contribution in [0.5, 0.6) is 11.5 Å². The molecule has 0 saturated carbocycles. The first-order valence-corrected chi connectivity index (χ1v) is 10.9. The monoisotopic (exact) mass is 409 g/mol. The van der Waals surface area contributed by atoms with Crippen LogP contribution in [0.4, 0.5) is 5.69 Å². The van der Waals surface area contributed by atoms with E-state index in [1.165, 1.54) is 11.3 Å². The van der Waals surface area contributed by atoms with Gasteiger partial charge in [0.05, 0.1) is 13.2 Å². The molecule has 6 nitrogen and oxygen atoms in total. The molecule has 0 unspecified atom stereocenters. The van der Waals surface area contributed by atoms with Crippen LogP contribution >= 0.6 is 0 Å². The van der Waals surface area contributed by atoms with Gasteiger partial charge in [0.25, 0.3) is 0 Å². The predicted octanol–water partition coefficient (Wildman–Crippen LogP) is 2.85. The highest BCUT2D eigenvalue weighted by atomic mass is 16.5. The van der Waals surface area contributed by atoms with Crippen molar-refractivity contribution in [2.75, 3.05) is 44.2 Å². The molecule has 2 aliphatic heterocycles. The predicted molar refractivity (Wildman–Crippen MR) is 118 cm³/mol. The van der Waals surface area contributed by atoms with Gasteiger partial charge in [-0.3, -0.25) is 9.69 Å². The topological polar surface area (TPSA) is 54.0 Å². The molecule has 0 aromatic heterocycles. The van der Waals surface area contributed by atoms with Gasteiger partial charge in [0.1, 0.15) is 17.6 Å². The lowest BCUT2D eigenvalue weighted by Crippen LogP contribution is -2.49. The molecular weight excluding hydrogens is 378 g/mol. The zero-order valence-electron chi connectivity index (χ0n) is 17.9. The third kappa shape index (κ3) is 4.87. The number of benzene rings is 2. The molecule has 1 N–H and O–H groups in total. The first kappa shape index (κ1) is 20.5. The number of nitrogens with zero attached hydrogens (tertiary/aromatic N) is 2. The summed E-state index contributed by atoms with van der Waals surface area (Å²) in [5.41, 5.74) is 3.39. The van der Waals surface area contributed by atoms with Crippen molar-refractivity contribution in [3.05, 3.63) is 53.6 Å². The minimum absolute atomic E-state index is 0.0420. The molecule has 1 atom stereocenters. The van der Waals surface area contributed by atoms with E-state index >= 15 is 0 Å². The smallest absolute Gasteiger partial charge is 0.234 e. The lowest BCUT2D eigenvalue weighted by Gasteiger charge is -2.35. The average Bonchev–Trinajstić information content (AvgIpc) is 3.12. The number of fused-ring (bicyclic) bond motifs is 1. The zero-order valence-corrected chi connectivity index (χ0v) is 17.9. The second-order valence-corrected chi connectivity index (χ2v) is 8.01. The van der Waals surface area contributed by atoms with Crippen molar-refractivity contribution in [3.8, 4) is 11.5 Å². The van der Waals surface area contributed by atoms with Crippen LogP contribution in [0.2, 0.25) is 0 Å². The van der Waals surface area contributed by atoms with E-state index in [1.807, 2.05) is 19.1 Å². The van der Waals surface area contributed by atoms with Crippen molar-refractivity contribution in [3.63, 3.8) is 0 Å². The van der Waals surface area contributed by atoms with Crippen molar-refractivity contribution in [1.82, 2.24) is 10.2 Å². The summed E-state index contributed by atoms with van der Waals surface area (Å²) in [6, 6.07) is 14.5. The molecule has 1 fully saturated rings. The van der Waals surface area contributed by atoms with Gasteiger partial charge in [-0.25, -0.2) is 0 Å². The maximum absolute atomic E-state index is 12.6. The Morgan fingerprint density at radius 2 is 1.93 bits per heavy atom. The van der Waals surface area contributed by atoms with Crippen LogP contribution in [0.1, 0.15) is 25.0 Å². The average molecular weight is 410 g/mol. The SMILES string of the molecule is CCOc1cc2c(cc1CNC(=O)CN1CCN(c3ccccc3)CC1)O[C@H](C)C2. The summed E-state index contributed by atoms with van der Waals surface area (Å²) in [5, 5.41) is 3.06. The molecule has 2 aromatic carbocycles. The molecule has 2 aromatic rings. The number of hydrogen-bond acceptors (Lipinski definition) is 5. The number of carbonyl (C=O) groups excluding carboxylic acids is 1. The molecule has 0 spiro atoms. The van der Waals surface area contributed by atoms with Crippen molar-refractivity contribution in [2.45, 2.75) is 32.9 Å². The Morgan fingerprint density at radius 3 is 2.67 bits per heavy atom. The molecule has 30 heavy (non-hydrogen) atoms. The summed E-state index contributed by atoms with van der Waals surface area (Å²) >= 11 is 0. The summed E-state index contributed by atoms with van der Waals surface area (Å²) in [7, 11) is 0. The first-order chi connectivity index (χ1) is 14.6. The van der Waals surface area contributed by atoms with Crippen molar-refractivity contribution >= 4 is 11.6 Å². The highest BCUT2D eigenvalue weighted by molar-refractivity contribution is 5.78. The lowest BCUT2D eigenvalue weighted by molar-refractivity contribution is -0.122. The van der Waals surface area contributed by atoms with E-state index in [0.29, 0.717) is 19.7 Å². The molecule has 160 valence electrons. The van der Waals surface area contributed by atoms with Gasteiger partial charge >= 0.3 is 0 Å². The minimum atomic E-state index is 0.0420. The number of hydrogen-bond donors (Lipinski definition) is 1. The van der Waals surface area contributed by atoms with E-state index in [-0.39, 0.29) is 12.0 Å². The van der Waals surface area contributed by atoms with E-state index < -0.39 is 0 Å². The van der Waals surface area contributed by atoms with Gasteiger partial charge in [-0.1, -0.05) is 18.2 Å². The molecule has 0 aliphatic carbocycles. The number of nitrogens with one attached hydrogen (secondary N) is 1. The van der Waals surface area contributed by atoms with Crippen LogP contribution < -0.4 is 19.7 Å². The summed E-state index contributed by atoms with van der Waals surface area (Å²) in [6.45, 7) is 9.16. The van der Waals surface area contributed by atoms with Crippen LogP contribution in [0.25, 0.3) is 0 Å². The molecule has 2 aliphatic rings. The van der Waals surface area contributed by atoms with Gasteiger partial charge in [0, 0.05) is 56.0 Å². The number of para-hydroxylation sites is 1. The van der Waals surface area contributed by atoms with E-state index in [2.05, 4.69) is 52.4 Å². The molecule has 4 rings (SSSR count). The number of ether oxygens (including phenoxy) is 2. The molecule has 6 heteroatoms. The van der Waals surface area contributed by atoms with E-state index in [9.17, 15) is 4.79 Å². The van der Waals surface area contributed by atoms with Crippen LogP contribution in [0, 0.1) is 0 Å². The molecule has 0 radical (unpaired) electrons. The normalized spacial score (nSPS) is 18.6. The van der Waals surface area contributed by atoms with Crippen LogP contribution in [-0.2, 0) is 17.8 Å². The van der Waals surface area contributed by atoms with E-state index in [4.69, 9.17) is 9.47 Å². The Balaban J connectivity index is 1.29. The van der Waals surface area contributed by atoms with Crippen LogP contribution in [-0.4, -0.2) is 56.2 Å². The van der Waals surface area contributed by atoms with Gasteiger partial charge in [-0.2, -0.15) is 0 Å². The Hall–Kier alpha value is -2.73. The molecule has 0 bridgehead atoms. The van der Waals surface area contributed by atoms with E-state index in [1.54, 1.807) is 0 Å². The fourth-order valence-electron chi connectivity index (χ4n) is 4.17. The van der Waals surface area contributed by atoms with Crippen molar-refractivity contribution in [1.29, 1.82) is 0 Å². The standard InChI is InChI=1S/C24H31N3O3/c1-3-29-22-14-19-13-18(2)30-23(19)15-20(22)16-25-24(28)17-26-9-11-27(12-10-26)21-7-5-4-6-8-21/h4-8,14-15,18H,3,9-13,16-17H2,1-2H3,(H,25,28)/t18-/m1/s1. The number of piperazine rings is 1. The van der Waals surface area contributed by atoms with Crippen molar-refractivity contribution in [2.24, 2.45) is 0 Å². The van der Waals surface area contributed by atoms with E-state index in [0.717, 1.165) is 49.7 Å². The summed E-state index contributed by atoms with van der Waals surface area (Å²) in [4.78, 5) is 17.1. The second kappa shape index (κ2) is 9.39. The molecule has 1 amide bonds. The fourth-order valence-corrected chi connectivity index (χ4v) is 4.17. The second-order valence-electron chi connectivity index (χ2n) is 8.01. The first-order valence-electron chi connectivity index (χ1n) is 10.9. The Kier molecular flexibility index (Phi) is 6.43. The third-order valence-electron chi connectivity index (χ3n) is 5.72.